The maximum atomic E-state index is 2.42. The smallest absolute Gasteiger partial charge is 0.200 e. The molecule has 0 saturated heterocycles. The number of benzene rings is 2. The van der Waals surface area contributed by atoms with Gasteiger partial charge in [0, 0.05) is 6.07 Å². The predicted molar refractivity (Wildman–Crippen MR) is 123 cm³/mol. The highest BCUT2D eigenvalue weighted by molar-refractivity contribution is 6.16. The van der Waals surface area contributed by atoms with E-state index < -0.39 is 0 Å². The molecule has 0 atom stereocenters. The third-order valence-electron chi connectivity index (χ3n) is 7.44. The van der Waals surface area contributed by atoms with Crippen molar-refractivity contribution in [2.75, 3.05) is 0 Å². The summed E-state index contributed by atoms with van der Waals surface area (Å²) in [6.07, 6.45) is 9.09. The summed E-state index contributed by atoms with van der Waals surface area (Å²) in [6.45, 7) is 9.11. The molecule has 5 rings (SSSR count). The molecule has 0 amide bonds. The number of hydrogen-bond donors (Lipinski definition) is 0. The van der Waals surface area contributed by atoms with Crippen molar-refractivity contribution in [3.8, 4) is 0 Å². The van der Waals surface area contributed by atoms with Gasteiger partial charge in [-0.15, -0.1) is 0 Å². The highest BCUT2D eigenvalue weighted by Gasteiger charge is 2.33. The first kappa shape index (κ1) is 18.6. The second-order valence-corrected chi connectivity index (χ2v) is 9.45. The first-order valence-electron chi connectivity index (χ1n) is 11.2. The van der Waals surface area contributed by atoms with E-state index in [-0.39, 0.29) is 0 Å². The third-order valence-corrected chi connectivity index (χ3v) is 7.44. The summed E-state index contributed by atoms with van der Waals surface area (Å²) < 4.78 is 2.34. The van der Waals surface area contributed by atoms with Crippen LogP contribution in [0.5, 0.6) is 0 Å². The van der Waals surface area contributed by atoms with Crippen LogP contribution in [0.2, 0.25) is 0 Å². The Morgan fingerprint density at radius 1 is 0.966 bits per heavy atom. The Hall–Kier alpha value is -2.41. The number of aryl methyl sites for hydroxylation is 3. The molecule has 0 spiro atoms. The van der Waals surface area contributed by atoms with Gasteiger partial charge in [0.05, 0.1) is 11.0 Å². The largest absolute Gasteiger partial charge is 0.221 e. The fourth-order valence-corrected chi connectivity index (χ4v) is 5.86. The van der Waals surface area contributed by atoms with Crippen LogP contribution < -0.4 is 4.57 Å². The van der Waals surface area contributed by atoms with Crippen molar-refractivity contribution in [1.82, 2.24) is 0 Å². The van der Waals surface area contributed by atoms with Crippen molar-refractivity contribution >= 4 is 21.9 Å². The molecule has 1 saturated carbocycles. The zero-order valence-corrected chi connectivity index (χ0v) is 18.5. The van der Waals surface area contributed by atoms with Gasteiger partial charge in [-0.3, -0.25) is 0 Å². The molecule has 148 valence electrons. The van der Waals surface area contributed by atoms with E-state index in [2.05, 4.69) is 75.8 Å². The van der Waals surface area contributed by atoms with Crippen molar-refractivity contribution < 1.29 is 4.57 Å². The van der Waals surface area contributed by atoms with Crippen LogP contribution >= 0.6 is 0 Å². The van der Waals surface area contributed by atoms with E-state index in [0.29, 0.717) is 0 Å². The summed E-state index contributed by atoms with van der Waals surface area (Å²) in [6, 6.07) is 11.8. The number of aromatic nitrogens is 1. The molecular formula is C28H32N+. The maximum Gasteiger partial charge on any atom is 0.221 e. The van der Waals surface area contributed by atoms with Crippen molar-refractivity contribution in [3.63, 3.8) is 0 Å². The normalized spacial score (nSPS) is 16.4. The van der Waals surface area contributed by atoms with E-state index in [1.54, 1.807) is 5.56 Å². The number of rotatable bonds is 3. The molecule has 1 heteroatoms. The molecule has 0 bridgehead atoms. The van der Waals surface area contributed by atoms with E-state index in [1.807, 2.05) is 0 Å². The van der Waals surface area contributed by atoms with Crippen molar-refractivity contribution in [3.05, 3.63) is 75.6 Å². The van der Waals surface area contributed by atoms with E-state index in [1.165, 1.54) is 87.5 Å². The van der Waals surface area contributed by atoms with Crippen LogP contribution in [0.3, 0.4) is 0 Å². The molecule has 2 aromatic carbocycles. The Morgan fingerprint density at radius 3 is 2.48 bits per heavy atom. The summed E-state index contributed by atoms with van der Waals surface area (Å²) in [5, 5.41) is 2.84. The summed E-state index contributed by atoms with van der Waals surface area (Å²) in [5.41, 5.74) is 12.9. The summed E-state index contributed by atoms with van der Waals surface area (Å²) in [7, 11) is 2.21. The topological polar surface area (TPSA) is 3.88 Å². The standard InChI is InChI=1S/C28H32N/c1-17-14-18(2)19(3)24(15-17)26-20(4)25-23(16-21-8-6-7-9-21)11-10-22-12-13-29(5)28(26)27(22)25/h10-15,21H,6-9,16H2,1-5H3/q+1. The molecule has 3 aromatic rings. The van der Waals surface area contributed by atoms with Gasteiger partial charge >= 0.3 is 0 Å². The molecule has 29 heavy (non-hydrogen) atoms. The average molecular weight is 383 g/mol. The number of pyridine rings is 1. The first-order valence-corrected chi connectivity index (χ1v) is 11.2. The fourth-order valence-electron chi connectivity index (χ4n) is 5.86. The summed E-state index contributed by atoms with van der Waals surface area (Å²) >= 11 is 0. The summed E-state index contributed by atoms with van der Waals surface area (Å²) in [4.78, 5) is 0. The third kappa shape index (κ3) is 2.86. The zero-order valence-electron chi connectivity index (χ0n) is 18.5. The zero-order chi connectivity index (χ0) is 20.3. The predicted octanol–water partition coefficient (Wildman–Crippen LogP) is 6.61. The molecule has 0 radical (unpaired) electrons. The molecule has 1 nitrogen and oxygen atoms in total. The van der Waals surface area contributed by atoms with E-state index in [9.17, 15) is 0 Å². The molecule has 2 aliphatic rings. The number of allylic oxidation sites excluding steroid dienone is 1. The highest BCUT2D eigenvalue weighted by Crippen LogP contribution is 2.46. The molecule has 0 N–H and O–H groups in total. The van der Waals surface area contributed by atoms with Crippen LogP contribution in [-0.2, 0) is 13.5 Å². The highest BCUT2D eigenvalue weighted by atomic mass is 14.9. The quantitative estimate of drug-likeness (QED) is 0.448. The lowest BCUT2D eigenvalue weighted by atomic mass is 9.89. The van der Waals surface area contributed by atoms with Crippen molar-refractivity contribution in [1.29, 1.82) is 0 Å². The summed E-state index contributed by atoms with van der Waals surface area (Å²) in [5.74, 6) is 0.865. The van der Waals surface area contributed by atoms with Gasteiger partial charge in [0.1, 0.15) is 7.05 Å². The lowest BCUT2D eigenvalue weighted by Gasteiger charge is -2.14. The van der Waals surface area contributed by atoms with Gasteiger partial charge in [-0.2, -0.15) is 0 Å². The van der Waals surface area contributed by atoms with Gasteiger partial charge in [0.2, 0.25) is 5.69 Å². The van der Waals surface area contributed by atoms with E-state index in [4.69, 9.17) is 0 Å². The van der Waals surface area contributed by atoms with Crippen LogP contribution in [0.15, 0.2) is 36.5 Å². The lowest BCUT2D eigenvalue weighted by molar-refractivity contribution is -0.672. The van der Waals surface area contributed by atoms with Crippen molar-refractivity contribution in [2.24, 2.45) is 13.0 Å². The van der Waals surface area contributed by atoms with Crippen LogP contribution in [0, 0.1) is 26.7 Å². The van der Waals surface area contributed by atoms with Crippen LogP contribution in [0.4, 0.5) is 0 Å². The van der Waals surface area contributed by atoms with Gasteiger partial charge in [0.15, 0.2) is 6.20 Å². The van der Waals surface area contributed by atoms with Crippen LogP contribution in [0.1, 0.15) is 71.7 Å². The van der Waals surface area contributed by atoms with Crippen LogP contribution in [-0.4, -0.2) is 0 Å². The van der Waals surface area contributed by atoms with Gasteiger partial charge in [0.25, 0.3) is 0 Å². The number of hydrogen-bond acceptors (Lipinski definition) is 0. The minimum Gasteiger partial charge on any atom is -0.200 e. The Kier molecular flexibility index (Phi) is 4.38. The fraction of sp³-hybridized carbons (Fsp3) is 0.393. The first-order chi connectivity index (χ1) is 14.0. The molecular weight excluding hydrogens is 350 g/mol. The molecule has 2 aliphatic carbocycles. The minimum absolute atomic E-state index is 0.865. The molecule has 1 heterocycles. The molecule has 1 fully saturated rings. The minimum atomic E-state index is 0.865. The monoisotopic (exact) mass is 382 g/mol. The van der Waals surface area contributed by atoms with Crippen molar-refractivity contribution in [2.45, 2.75) is 59.8 Å². The van der Waals surface area contributed by atoms with E-state index in [0.717, 1.165) is 5.92 Å². The van der Waals surface area contributed by atoms with Gasteiger partial charge in [-0.1, -0.05) is 55.5 Å². The Bertz CT molecular complexity index is 1170. The Morgan fingerprint density at radius 2 is 1.72 bits per heavy atom. The molecule has 0 aliphatic heterocycles. The van der Waals surface area contributed by atoms with Gasteiger partial charge < -0.3 is 0 Å². The SMILES string of the molecule is CC1=C(c2cc(C)cc(C)c2C)c2c3c1c(CC1CCCC1)ccc3cc[n+]2C. The average Bonchev–Trinajstić information content (AvgIpc) is 3.30. The number of nitrogens with zero attached hydrogens (tertiary/aromatic N) is 1. The molecule has 1 aromatic heterocycles. The lowest BCUT2D eigenvalue weighted by Crippen LogP contribution is -2.32. The van der Waals surface area contributed by atoms with E-state index >= 15 is 0 Å². The van der Waals surface area contributed by atoms with Gasteiger partial charge in [-0.25, -0.2) is 4.57 Å². The van der Waals surface area contributed by atoms with Gasteiger partial charge in [-0.05, 0) is 78.8 Å². The maximum absolute atomic E-state index is 2.42. The second-order valence-electron chi connectivity index (χ2n) is 9.45. The Balaban J connectivity index is 1.79. The van der Waals surface area contributed by atoms with Crippen LogP contribution in [0.25, 0.3) is 21.9 Å². The molecule has 0 unspecified atom stereocenters. The second kappa shape index (κ2) is 6.83. The Labute approximate surface area is 175 Å².